The van der Waals surface area contributed by atoms with Crippen LogP contribution in [0.2, 0.25) is 0 Å². The molecule has 2 rings (SSSR count). The highest BCUT2D eigenvalue weighted by atomic mass is 19.1. The molecule has 0 radical (unpaired) electrons. The Morgan fingerprint density at radius 3 is 2.63 bits per heavy atom. The van der Waals surface area contributed by atoms with E-state index in [1.54, 1.807) is 35.0 Å². The Labute approximate surface area is 109 Å². The summed E-state index contributed by atoms with van der Waals surface area (Å²) in [6.45, 7) is 4.08. The number of nitrogens with zero attached hydrogens (tertiary/aromatic N) is 3. The second-order valence-electron chi connectivity index (χ2n) is 3.83. The summed E-state index contributed by atoms with van der Waals surface area (Å²) in [4.78, 5) is 10.9. The van der Waals surface area contributed by atoms with Gasteiger partial charge >= 0.3 is 0 Å². The molecule has 0 aliphatic carbocycles. The first kappa shape index (κ1) is 12.9. The highest BCUT2D eigenvalue weighted by molar-refractivity contribution is 5.81. The van der Waals surface area contributed by atoms with Crippen LogP contribution in [0.25, 0.3) is 12.2 Å². The van der Waals surface area contributed by atoms with E-state index in [9.17, 15) is 9.18 Å². The van der Waals surface area contributed by atoms with Gasteiger partial charge in [-0.2, -0.15) is 0 Å². The maximum Gasteiger partial charge on any atom is 0.172 e. The standard InChI is InChI=1S/C14H12FN3O/c1-2-9-18-14(13(10-19)16-17-18)8-5-11-3-6-12(15)7-4-11/h2-8,10H,1,9H2/b8-5+. The third-order valence-corrected chi connectivity index (χ3v) is 2.52. The van der Waals surface area contributed by atoms with Crippen LogP contribution in [0.3, 0.4) is 0 Å². The van der Waals surface area contributed by atoms with E-state index in [4.69, 9.17) is 0 Å². The van der Waals surface area contributed by atoms with Gasteiger partial charge in [0, 0.05) is 0 Å². The fourth-order valence-corrected chi connectivity index (χ4v) is 1.60. The largest absolute Gasteiger partial charge is 0.296 e. The van der Waals surface area contributed by atoms with Crippen LogP contribution in [0, 0.1) is 5.82 Å². The van der Waals surface area contributed by atoms with Gasteiger partial charge in [-0.1, -0.05) is 29.5 Å². The number of halogens is 1. The molecule has 0 aliphatic heterocycles. The number of benzene rings is 1. The van der Waals surface area contributed by atoms with E-state index in [0.717, 1.165) is 5.56 Å². The normalized spacial score (nSPS) is 10.8. The van der Waals surface area contributed by atoms with Crippen LogP contribution in [-0.2, 0) is 6.54 Å². The topological polar surface area (TPSA) is 47.8 Å². The number of aldehydes is 1. The van der Waals surface area contributed by atoms with Crippen molar-refractivity contribution in [3.8, 4) is 0 Å². The molecule has 4 nitrogen and oxygen atoms in total. The summed E-state index contributed by atoms with van der Waals surface area (Å²) in [6, 6.07) is 6.04. The first-order chi connectivity index (χ1) is 9.24. The van der Waals surface area contributed by atoms with Crippen molar-refractivity contribution in [2.24, 2.45) is 0 Å². The monoisotopic (exact) mass is 257 g/mol. The molecule has 0 unspecified atom stereocenters. The average molecular weight is 257 g/mol. The van der Waals surface area contributed by atoms with Crippen LogP contribution in [0.4, 0.5) is 4.39 Å². The molecule has 0 amide bonds. The Hall–Kier alpha value is -2.56. The molecule has 0 fully saturated rings. The zero-order valence-corrected chi connectivity index (χ0v) is 10.2. The van der Waals surface area contributed by atoms with Crippen molar-refractivity contribution in [1.29, 1.82) is 0 Å². The predicted molar refractivity (Wildman–Crippen MR) is 70.9 cm³/mol. The minimum Gasteiger partial charge on any atom is -0.296 e. The number of carbonyl (C=O) groups is 1. The quantitative estimate of drug-likeness (QED) is 0.611. The Balaban J connectivity index is 2.30. The van der Waals surface area contributed by atoms with Crippen LogP contribution in [-0.4, -0.2) is 21.3 Å². The summed E-state index contributed by atoms with van der Waals surface area (Å²) in [5.74, 6) is -0.288. The van der Waals surface area contributed by atoms with E-state index < -0.39 is 0 Å². The molecule has 1 aromatic carbocycles. The van der Waals surface area contributed by atoms with Crippen LogP contribution < -0.4 is 0 Å². The Morgan fingerprint density at radius 1 is 1.26 bits per heavy atom. The smallest absolute Gasteiger partial charge is 0.172 e. The summed E-state index contributed by atoms with van der Waals surface area (Å²) in [7, 11) is 0. The number of allylic oxidation sites excluding steroid dienone is 1. The molecule has 5 heteroatoms. The molecule has 1 heterocycles. The summed E-state index contributed by atoms with van der Waals surface area (Å²) in [5, 5.41) is 7.62. The third-order valence-electron chi connectivity index (χ3n) is 2.52. The molecular weight excluding hydrogens is 245 g/mol. The van der Waals surface area contributed by atoms with Crippen molar-refractivity contribution < 1.29 is 9.18 Å². The van der Waals surface area contributed by atoms with Gasteiger partial charge < -0.3 is 0 Å². The van der Waals surface area contributed by atoms with Crippen molar-refractivity contribution in [3.05, 3.63) is 59.7 Å². The van der Waals surface area contributed by atoms with E-state index in [0.29, 0.717) is 18.5 Å². The average Bonchev–Trinajstić information content (AvgIpc) is 2.81. The zero-order chi connectivity index (χ0) is 13.7. The van der Waals surface area contributed by atoms with Gasteiger partial charge in [0.1, 0.15) is 5.82 Å². The molecule has 0 N–H and O–H groups in total. The van der Waals surface area contributed by atoms with Crippen LogP contribution in [0.15, 0.2) is 36.9 Å². The van der Waals surface area contributed by atoms with Gasteiger partial charge in [-0.15, -0.1) is 11.7 Å². The SMILES string of the molecule is C=CCn1nnc(C=O)c1/C=C/c1ccc(F)cc1. The third kappa shape index (κ3) is 3.01. The first-order valence-corrected chi connectivity index (χ1v) is 5.68. The van der Waals surface area contributed by atoms with E-state index in [1.807, 2.05) is 0 Å². The van der Waals surface area contributed by atoms with Crippen molar-refractivity contribution in [2.45, 2.75) is 6.54 Å². The predicted octanol–water partition coefficient (Wildman–Crippen LogP) is 2.59. The number of rotatable bonds is 5. The molecule has 0 aliphatic rings. The lowest BCUT2D eigenvalue weighted by Gasteiger charge is -1.99. The maximum atomic E-state index is 12.8. The molecule has 96 valence electrons. The maximum absolute atomic E-state index is 12.8. The van der Waals surface area contributed by atoms with Gasteiger partial charge in [0.2, 0.25) is 0 Å². The van der Waals surface area contributed by atoms with Crippen molar-refractivity contribution >= 4 is 18.4 Å². The fourth-order valence-electron chi connectivity index (χ4n) is 1.60. The molecule has 0 spiro atoms. The molecular formula is C14H12FN3O. The van der Waals surface area contributed by atoms with Gasteiger partial charge in [0.15, 0.2) is 12.0 Å². The van der Waals surface area contributed by atoms with Gasteiger partial charge in [-0.3, -0.25) is 4.79 Å². The number of hydrogen-bond acceptors (Lipinski definition) is 3. The lowest BCUT2D eigenvalue weighted by molar-refractivity contribution is 0.111. The van der Waals surface area contributed by atoms with Crippen molar-refractivity contribution in [3.63, 3.8) is 0 Å². The minimum absolute atomic E-state index is 0.264. The summed E-state index contributed by atoms with van der Waals surface area (Å²) >= 11 is 0. The van der Waals surface area contributed by atoms with E-state index in [2.05, 4.69) is 16.9 Å². The lowest BCUT2D eigenvalue weighted by Crippen LogP contribution is -2.00. The van der Waals surface area contributed by atoms with Crippen molar-refractivity contribution in [2.75, 3.05) is 0 Å². The molecule has 1 aromatic heterocycles. The van der Waals surface area contributed by atoms with Crippen molar-refractivity contribution in [1.82, 2.24) is 15.0 Å². The molecule has 0 saturated carbocycles. The number of carbonyl (C=O) groups excluding carboxylic acids is 1. The Kier molecular flexibility index (Phi) is 3.97. The number of hydrogen-bond donors (Lipinski definition) is 0. The van der Waals surface area contributed by atoms with E-state index in [1.165, 1.54) is 12.1 Å². The van der Waals surface area contributed by atoms with E-state index in [-0.39, 0.29) is 11.5 Å². The van der Waals surface area contributed by atoms with Gasteiger partial charge in [-0.25, -0.2) is 9.07 Å². The second-order valence-corrected chi connectivity index (χ2v) is 3.83. The molecule has 2 aromatic rings. The van der Waals surface area contributed by atoms with E-state index >= 15 is 0 Å². The lowest BCUT2D eigenvalue weighted by atomic mass is 10.2. The van der Waals surface area contributed by atoms with Crippen LogP contribution in [0.1, 0.15) is 21.7 Å². The Morgan fingerprint density at radius 2 is 2.00 bits per heavy atom. The summed E-state index contributed by atoms with van der Waals surface area (Å²) < 4.78 is 14.3. The second kappa shape index (κ2) is 5.86. The van der Waals surface area contributed by atoms with Gasteiger partial charge in [-0.05, 0) is 23.8 Å². The molecule has 0 atom stereocenters. The van der Waals surface area contributed by atoms with Gasteiger partial charge in [0.25, 0.3) is 0 Å². The minimum atomic E-state index is -0.288. The Bertz CT molecular complexity index is 614. The highest BCUT2D eigenvalue weighted by Gasteiger charge is 2.07. The van der Waals surface area contributed by atoms with Crippen LogP contribution >= 0.6 is 0 Å². The number of aromatic nitrogens is 3. The summed E-state index contributed by atoms with van der Waals surface area (Å²) in [6.07, 6.45) is 5.81. The fraction of sp³-hybridized carbons (Fsp3) is 0.0714. The van der Waals surface area contributed by atoms with Gasteiger partial charge in [0.05, 0.1) is 12.2 Å². The molecule has 0 bridgehead atoms. The molecule has 0 saturated heterocycles. The summed E-state index contributed by atoms with van der Waals surface area (Å²) in [5.41, 5.74) is 1.68. The zero-order valence-electron chi connectivity index (χ0n) is 10.2. The highest BCUT2D eigenvalue weighted by Crippen LogP contribution is 2.11. The first-order valence-electron chi connectivity index (χ1n) is 5.68. The molecule has 19 heavy (non-hydrogen) atoms. The van der Waals surface area contributed by atoms with Crippen LogP contribution in [0.5, 0.6) is 0 Å².